The molecule has 2 N–H and O–H groups in total. The van der Waals surface area contributed by atoms with Crippen LogP contribution < -0.4 is 10.6 Å². The lowest BCUT2D eigenvalue weighted by molar-refractivity contribution is -0.137. The van der Waals surface area contributed by atoms with Crippen molar-refractivity contribution in [2.45, 2.75) is 18.5 Å². The van der Waals surface area contributed by atoms with Crippen LogP contribution in [-0.2, 0) is 6.18 Å². The Morgan fingerprint density at radius 2 is 1.86 bits per heavy atom. The lowest BCUT2D eigenvalue weighted by Crippen LogP contribution is -2.11. The van der Waals surface area contributed by atoms with Crippen molar-refractivity contribution in [1.29, 1.82) is 0 Å². The fourth-order valence-corrected chi connectivity index (χ4v) is 3.18. The first-order valence-electron chi connectivity index (χ1n) is 8.93. The molecule has 0 unspecified atom stereocenters. The van der Waals surface area contributed by atoms with Crippen LogP contribution in [0.4, 0.5) is 24.7 Å². The molecule has 1 fully saturated rings. The van der Waals surface area contributed by atoms with Gasteiger partial charge in [-0.1, -0.05) is 6.07 Å². The number of nitrogens with zero attached hydrogens (tertiary/aromatic N) is 3. The number of rotatable bonds is 4. The number of aromatic nitrogens is 3. The fraction of sp³-hybridized carbons (Fsp3) is 0.250. The molecule has 144 valence electrons. The zero-order valence-corrected chi connectivity index (χ0v) is 14.9. The van der Waals surface area contributed by atoms with E-state index >= 15 is 0 Å². The highest BCUT2D eigenvalue weighted by atomic mass is 19.4. The normalized spacial score (nSPS) is 16.9. The molecule has 28 heavy (non-hydrogen) atoms. The van der Waals surface area contributed by atoms with Crippen LogP contribution in [0.15, 0.2) is 54.9 Å². The van der Waals surface area contributed by atoms with Crippen LogP contribution in [0.5, 0.6) is 0 Å². The quantitative estimate of drug-likeness (QED) is 0.698. The zero-order valence-electron chi connectivity index (χ0n) is 14.9. The molecule has 3 aromatic rings. The number of alkyl halides is 3. The van der Waals surface area contributed by atoms with E-state index < -0.39 is 11.7 Å². The molecule has 5 nitrogen and oxygen atoms in total. The predicted molar refractivity (Wildman–Crippen MR) is 100 cm³/mol. The summed E-state index contributed by atoms with van der Waals surface area (Å²) in [7, 11) is 0. The van der Waals surface area contributed by atoms with Gasteiger partial charge in [-0.3, -0.25) is 4.98 Å². The van der Waals surface area contributed by atoms with E-state index in [2.05, 4.69) is 25.6 Å². The van der Waals surface area contributed by atoms with E-state index in [-0.39, 0.29) is 5.92 Å². The number of anilines is 2. The average Bonchev–Trinajstić information content (AvgIpc) is 3.23. The van der Waals surface area contributed by atoms with Crippen LogP contribution in [0.1, 0.15) is 23.7 Å². The molecular weight excluding hydrogens is 367 g/mol. The van der Waals surface area contributed by atoms with Gasteiger partial charge in [-0.05, 0) is 43.3 Å². The third kappa shape index (κ3) is 4.12. The molecule has 0 amide bonds. The number of hydrogen-bond donors (Lipinski definition) is 2. The fourth-order valence-electron chi connectivity index (χ4n) is 3.18. The third-order valence-corrected chi connectivity index (χ3v) is 4.61. The summed E-state index contributed by atoms with van der Waals surface area (Å²) in [4.78, 5) is 13.3. The standard InChI is InChI=1S/C20H18F3N5/c21-20(22,23)15-2-1-3-16(10-15)26-18-11-17(13-4-7-24-8-5-13)27-19(28-18)14-6-9-25-12-14/h1-5,7-8,10-11,14,25H,6,9,12H2,(H,26,27,28)/t14-/m0/s1. The van der Waals surface area contributed by atoms with Crippen molar-refractivity contribution in [3.63, 3.8) is 0 Å². The van der Waals surface area contributed by atoms with Crippen LogP contribution in [0.2, 0.25) is 0 Å². The Morgan fingerprint density at radius 3 is 2.57 bits per heavy atom. The van der Waals surface area contributed by atoms with Gasteiger partial charge < -0.3 is 10.6 Å². The van der Waals surface area contributed by atoms with Gasteiger partial charge in [0, 0.05) is 42.2 Å². The molecule has 0 aliphatic carbocycles. The van der Waals surface area contributed by atoms with Crippen LogP contribution in [0.3, 0.4) is 0 Å². The second-order valence-electron chi connectivity index (χ2n) is 6.63. The van der Waals surface area contributed by atoms with E-state index in [9.17, 15) is 13.2 Å². The van der Waals surface area contributed by atoms with Gasteiger partial charge in [0.05, 0.1) is 11.3 Å². The van der Waals surface area contributed by atoms with Crippen molar-refractivity contribution in [2.75, 3.05) is 18.4 Å². The van der Waals surface area contributed by atoms with Gasteiger partial charge in [0.25, 0.3) is 0 Å². The molecule has 2 aromatic heterocycles. The summed E-state index contributed by atoms with van der Waals surface area (Å²) in [6.45, 7) is 1.67. The van der Waals surface area contributed by atoms with Gasteiger partial charge in [0.15, 0.2) is 0 Å². The van der Waals surface area contributed by atoms with Gasteiger partial charge in [-0.2, -0.15) is 13.2 Å². The molecule has 0 spiro atoms. The maximum absolute atomic E-state index is 13.0. The molecule has 1 aromatic carbocycles. The minimum atomic E-state index is -4.40. The van der Waals surface area contributed by atoms with Crippen molar-refractivity contribution in [1.82, 2.24) is 20.3 Å². The molecular formula is C20H18F3N5. The maximum atomic E-state index is 13.0. The van der Waals surface area contributed by atoms with Crippen LogP contribution in [0.25, 0.3) is 11.3 Å². The predicted octanol–water partition coefficient (Wildman–Crippen LogP) is 4.38. The van der Waals surface area contributed by atoms with Gasteiger partial charge in [0.1, 0.15) is 11.6 Å². The lowest BCUT2D eigenvalue weighted by Gasteiger charge is -2.14. The van der Waals surface area contributed by atoms with Crippen molar-refractivity contribution < 1.29 is 13.2 Å². The Kier molecular flexibility index (Phi) is 4.95. The van der Waals surface area contributed by atoms with Crippen molar-refractivity contribution in [3.8, 4) is 11.3 Å². The Hall–Kier alpha value is -3.00. The van der Waals surface area contributed by atoms with Gasteiger partial charge in [-0.25, -0.2) is 9.97 Å². The highest BCUT2D eigenvalue weighted by Crippen LogP contribution is 2.32. The van der Waals surface area contributed by atoms with Gasteiger partial charge in [0.2, 0.25) is 0 Å². The molecule has 1 aliphatic rings. The third-order valence-electron chi connectivity index (χ3n) is 4.61. The largest absolute Gasteiger partial charge is 0.416 e. The Bertz CT molecular complexity index is 954. The monoisotopic (exact) mass is 385 g/mol. The molecule has 1 saturated heterocycles. The summed E-state index contributed by atoms with van der Waals surface area (Å²) in [5.74, 6) is 1.31. The molecule has 0 radical (unpaired) electrons. The molecule has 1 atom stereocenters. The summed E-state index contributed by atoms with van der Waals surface area (Å²) in [6.07, 6.45) is -0.128. The van der Waals surface area contributed by atoms with Crippen LogP contribution in [0, 0.1) is 0 Å². The lowest BCUT2D eigenvalue weighted by atomic mass is 10.1. The van der Waals surface area contributed by atoms with Crippen molar-refractivity contribution >= 4 is 11.5 Å². The summed E-state index contributed by atoms with van der Waals surface area (Å²) in [5.41, 5.74) is 1.19. The summed E-state index contributed by atoms with van der Waals surface area (Å²) in [6, 6.07) is 10.5. The van der Waals surface area contributed by atoms with Crippen LogP contribution in [-0.4, -0.2) is 28.0 Å². The number of pyridine rings is 1. The molecule has 0 bridgehead atoms. The Morgan fingerprint density at radius 1 is 1.04 bits per heavy atom. The Balaban J connectivity index is 1.71. The minimum absolute atomic E-state index is 0.170. The van der Waals surface area contributed by atoms with Gasteiger partial charge in [-0.15, -0.1) is 0 Å². The summed E-state index contributed by atoms with van der Waals surface area (Å²) < 4.78 is 39.0. The smallest absolute Gasteiger partial charge is 0.340 e. The first-order chi connectivity index (χ1) is 13.5. The van der Waals surface area contributed by atoms with E-state index in [1.807, 2.05) is 12.1 Å². The second-order valence-corrected chi connectivity index (χ2v) is 6.63. The number of halogens is 3. The molecule has 8 heteroatoms. The van der Waals surface area contributed by atoms with Crippen LogP contribution >= 0.6 is 0 Å². The number of hydrogen-bond acceptors (Lipinski definition) is 5. The molecule has 0 saturated carbocycles. The first-order valence-corrected chi connectivity index (χ1v) is 8.93. The SMILES string of the molecule is FC(F)(F)c1cccc(Nc2cc(-c3ccncc3)nc([C@H]3CCNC3)n2)c1. The highest BCUT2D eigenvalue weighted by Gasteiger charge is 2.30. The minimum Gasteiger partial charge on any atom is -0.340 e. The first kappa shape index (κ1) is 18.4. The summed E-state index contributed by atoms with van der Waals surface area (Å²) in [5, 5.41) is 6.29. The topological polar surface area (TPSA) is 62.7 Å². The van der Waals surface area contributed by atoms with Gasteiger partial charge >= 0.3 is 6.18 Å². The van der Waals surface area contributed by atoms with E-state index in [0.717, 1.165) is 37.2 Å². The van der Waals surface area contributed by atoms with E-state index in [1.165, 1.54) is 6.07 Å². The number of benzene rings is 1. The zero-order chi connectivity index (χ0) is 19.6. The van der Waals surface area contributed by atoms with Crippen molar-refractivity contribution in [3.05, 3.63) is 66.2 Å². The average molecular weight is 385 g/mol. The van der Waals surface area contributed by atoms with Crippen molar-refractivity contribution in [2.24, 2.45) is 0 Å². The molecule has 1 aliphatic heterocycles. The Labute approximate surface area is 160 Å². The maximum Gasteiger partial charge on any atom is 0.416 e. The number of nitrogens with one attached hydrogen (secondary N) is 2. The molecule has 4 rings (SSSR count). The van der Waals surface area contributed by atoms with E-state index in [1.54, 1.807) is 24.5 Å². The second kappa shape index (κ2) is 7.55. The van der Waals surface area contributed by atoms with E-state index in [4.69, 9.17) is 0 Å². The van der Waals surface area contributed by atoms with E-state index in [0.29, 0.717) is 23.0 Å². The molecule has 3 heterocycles. The summed E-state index contributed by atoms with van der Waals surface area (Å²) >= 11 is 0. The highest BCUT2D eigenvalue weighted by molar-refractivity contribution is 5.65.